The van der Waals surface area contributed by atoms with Crippen LogP contribution in [0.2, 0.25) is 5.02 Å². The third-order valence-corrected chi connectivity index (χ3v) is 3.41. The van der Waals surface area contributed by atoms with E-state index in [1.54, 1.807) is 18.2 Å². The van der Waals surface area contributed by atoms with Gasteiger partial charge >= 0.3 is 0 Å². The number of carbonyl (C=O) groups excluding carboxylic acids is 1. The highest BCUT2D eigenvalue weighted by molar-refractivity contribution is 6.34. The van der Waals surface area contributed by atoms with Crippen LogP contribution in [0.25, 0.3) is 0 Å². The highest BCUT2D eigenvalue weighted by atomic mass is 35.5. The molecule has 1 aliphatic carbocycles. The molecule has 1 aromatic rings. The van der Waals surface area contributed by atoms with Crippen molar-refractivity contribution in [1.29, 1.82) is 0 Å². The highest BCUT2D eigenvalue weighted by Gasteiger charge is 2.46. The molecule has 3 N–H and O–H groups in total. The van der Waals surface area contributed by atoms with Gasteiger partial charge in [-0.3, -0.25) is 4.79 Å². The Bertz CT molecular complexity index is 422. The maximum Gasteiger partial charge on any atom is 0.255 e. The number of hydrogen-bond acceptors (Lipinski definition) is 2. The molecule has 1 unspecified atom stereocenters. The van der Waals surface area contributed by atoms with Crippen molar-refractivity contribution in [3.05, 3.63) is 28.8 Å². The van der Waals surface area contributed by atoms with Crippen LogP contribution in [0.1, 0.15) is 30.6 Å². The summed E-state index contributed by atoms with van der Waals surface area (Å²) in [6.07, 6.45) is 1.00. The van der Waals surface area contributed by atoms with Crippen LogP contribution >= 0.6 is 11.6 Å². The van der Waals surface area contributed by atoms with Crippen LogP contribution in [0.4, 0.5) is 5.69 Å². The van der Waals surface area contributed by atoms with Gasteiger partial charge in [-0.05, 0) is 24.0 Å². The van der Waals surface area contributed by atoms with Crippen molar-refractivity contribution in [3.63, 3.8) is 0 Å². The fourth-order valence-electron chi connectivity index (χ4n) is 1.72. The first-order valence-corrected chi connectivity index (χ1v) is 5.64. The number of nitrogens with two attached hydrogens (primary N) is 1. The van der Waals surface area contributed by atoms with E-state index in [4.69, 9.17) is 17.3 Å². The summed E-state index contributed by atoms with van der Waals surface area (Å²) in [5, 5.41) is 3.34. The number of amides is 1. The molecule has 86 valence electrons. The summed E-state index contributed by atoms with van der Waals surface area (Å²) in [7, 11) is 0. The molecule has 3 nitrogen and oxygen atoms in total. The Kier molecular flexibility index (Phi) is 2.58. The van der Waals surface area contributed by atoms with Gasteiger partial charge in [0.05, 0.1) is 10.6 Å². The molecule has 2 rings (SSSR count). The van der Waals surface area contributed by atoms with E-state index in [0.717, 1.165) is 6.42 Å². The first-order valence-electron chi connectivity index (χ1n) is 5.26. The Balaban J connectivity index is 2.16. The van der Waals surface area contributed by atoms with Crippen LogP contribution in [-0.2, 0) is 0 Å². The van der Waals surface area contributed by atoms with E-state index in [1.165, 1.54) is 0 Å². The average Bonchev–Trinajstić information content (AvgIpc) is 2.72. The second-order valence-electron chi connectivity index (χ2n) is 4.92. The minimum Gasteiger partial charge on any atom is -0.398 e. The molecule has 1 fully saturated rings. The number of halogens is 1. The molecule has 1 aromatic carbocycles. The number of nitrogens with one attached hydrogen (secondary N) is 1. The number of carbonyl (C=O) groups is 1. The quantitative estimate of drug-likeness (QED) is 0.778. The summed E-state index contributed by atoms with van der Waals surface area (Å²) in [5.74, 6) is -0.182. The van der Waals surface area contributed by atoms with E-state index in [1.807, 2.05) is 0 Å². The van der Waals surface area contributed by atoms with E-state index in [0.29, 0.717) is 16.3 Å². The van der Waals surface area contributed by atoms with Crippen molar-refractivity contribution < 1.29 is 4.79 Å². The minimum absolute atomic E-state index is 0.182. The molecule has 0 aliphatic heterocycles. The van der Waals surface area contributed by atoms with Crippen molar-refractivity contribution in [2.24, 2.45) is 5.41 Å². The molecule has 0 aromatic heterocycles. The molecule has 0 spiro atoms. The fourth-order valence-corrected chi connectivity index (χ4v) is 1.99. The lowest BCUT2D eigenvalue weighted by Gasteiger charge is -2.10. The standard InChI is InChI=1S/C12H15ClN2O/c1-12(2)6-9(12)15-11(16)10-7(13)4-3-5-8(10)14/h3-5,9H,6,14H2,1-2H3,(H,15,16). The summed E-state index contributed by atoms with van der Waals surface area (Å²) in [4.78, 5) is 11.9. The van der Waals surface area contributed by atoms with Gasteiger partial charge in [-0.1, -0.05) is 31.5 Å². The molecule has 16 heavy (non-hydrogen) atoms. The predicted molar refractivity (Wildman–Crippen MR) is 65.5 cm³/mol. The predicted octanol–water partition coefficient (Wildman–Crippen LogP) is 2.45. The summed E-state index contributed by atoms with van der Waals surface area (Å²) >= 11 is 5.96. The Morgan fingerprint density at radius 2 is 2.19 bits per heavy atom. The van der Waals surface area contributed by atoms with Gasteiger partial charge < -0.3 is 11.1 Å². The van der Waals surface area contributed by atoms with Crippen LogP contribution < -0.4 is 11.1 Å². The lowest BCUT2D eigenvalue weighted by Crippen LogP contribution is -2.29. The largest absolute Gasteiger partial charge is 0.398 e. The first kappa shape index (κ1) is 11.3. The van der Waals surface area contributed by atoms with Crippen LogP contribution in [0, 0.1) is 5.41 Å². The normalized spacial score (nSPS) is 21.6. The van der Waals surface area contributed by atoms with Crippen LogP contribution in [0.15, 0.2) is 18.2 Å². The van der Waals surface area contributed by atoms with Crippen molar-refractivity contribution in [2.75, 3.05) is 5.73 Å². The van der Waals surface area contributed by atoms with Crippen molar-refractivity contribution >= 4 is 23.2 Å². The lowest BCUT2D eigenvalue weighted by molar-refractivity contribution is 0.0947. The third kappa shape index (κ3) is 2.00. The van der Waals surface area contributed by atoms with E-state index in [-0.39, 0.29) is 17.4 Å². The smallest absolute Gasteiger partial charge is 0.255 e. The SMILES string of the molecule is CC1(C)CC1NC(=O)c1c(N)cccc1Cl. The van der Waals surface area contributed by atoms with Gasteiger partial charge in [0.1, 0.15) is 0 Å². The monoisotopic (exact) mass is 238 g/mol. The molecule has 0 saturated heterocycles. The highest BCUT2D eigenvalue weighted by Crippen LogP contribution is 2.44. The van der Waals surface area contributed by atoms with E-state index < -0.39 is 0 Å². The number of hydrogen-bond donors (Lipinski definition) is 2. The van der Waals surface area contributed by atoms with Gasteiger partial charge in [-0.25, -0.2) is 0 Å². The van der Waals surface area contributed by atoms with E-state index in [2.05, 4.69) is 19.2 Å². The molecule has 0 heterocycles. The fraction of sp³-hybridized carbons (Fsp3) is 0.417. The molecule has 1 aliphatic rings. The summed E-state index contributed by atoms with van der Waals surface area (Å²) in [5.41, 5.74) is 6.74. The van der Waals surface area contributed by atoms with Gasteiger partial charge in [-0.2, -0.15) is 0 Å². The molecule has 0 bridgehead atoms. The maximum absolute atomic E-state index is 11.9. The van der Waals surface area contributed by atoms with Crippen molar-refractivity contribution in [2.45, 2.75) is 26.3 Å². The second kappa shape index (κ2) is 3.67. The van der Waals surface area contributed by atoms with E-state index in [9.17, 15) is 4.79 Å². The molecule has 1 amide bonds. The van der Waals surface area contributed by atoms with Crippen LogP contribution in [-0.4, -0.2) is 11.9 Å². The second-order valence-corrected chi connectivity index (χ2v) is 5.33. The minimum atomic E-state index is -0.182. The van der Waals surface area contributed by atoms with Crippen LogP contribution in [0.5, 0.6) is 0 Å². The number of benzene rings is 1. The van der Waals surface area contributed by atoms with Crippen LogP contribution in [0.3, 0.4) is 0 Å². The summed E-state index contributed by atoms with van der Waals surface area (Å²) < 4.78 is 0. The molecular formula is C12H15ClN2O. The van der Waals surface area contributed by atoms with Gasteiger partial charge in [0.25, 0.3) is 5.91 Å². The topological polar surface area (TPSA) is 55.1 Å². The number of rotatable bonds is 2. The average molecular weight is 239 g/mol. The number of nitrogen functional groups attached to an aromatic ring is 1. The Morgan fingerprint density at radius 3 is 2.69 bits per heavy atom. The molecule has 1 atom stereocenters. The van der Waals surface area contributed by atoms with Gasteiger partial charge in [0.2, 0.25) is 0 Å². The van der Waals surface area contributed by atoms with Gasteiger partial charge in [-0.15, -0.1) is 0 Å². The summed E-state index contributed by atoms with van der Waals surface area (Å²) in [6.45, 7) is 4.24. The molecular weight excluding hydrogens is 224 g/mol. The van der Waals surface area contributed by atoms with Crippen molar-refractivity contribution in [3.8, 4) is 0 Å². The number of anilines is 1. The zero-order valence-corrected chi connectivity index (χ0v) is 10.1. The van der Waals surface area contributed by atoms with Gasteiger partial charge in [0, 0.05) is 11.7 Å². The molecule has 4 heteroatoms. The Hall–Kier alpha value is -1.22. The molecule has 0 radical (unpaired) electrons. The first-order chi connectivity index (χ1) is 7.42. The lowest BCUT2D eigenvalue weighted by atomic mass is 10.1. The van der Waals surface area contributed by atoms with Gasteiger partial charge in [0.15, 0.2) is 0 Å². The molecule has 1 saturated carbocycles. The zero-order valence-electron chi connectivity index (χ0n) is 9.38. The Morgan fingerprint density at radius 1 is 1.56 bits per heavy atom. The van der Waals surface area contributed by atoms with E-state index >= 15 is 0 Å². The third-order valence-electron chi connectivity index (χ3n) is 3.09. The van der Waals surface area contributed by atoms with Crippen molar-refractivity contribution in [1.82, 2.24) is 5.32 Å². The zero-order chi connectivity index (χ0) is 11.9. The maximum atomic E-state index is 11.9. The summed E-state index contributed by atoms with van der Waals surface area (Å²) in [6, 6.07) is 5.31. The Labute approximate surface area is 100.0 Å².